The molecule has 30 heavy (non-hydrogen) atoms. The predicted molar refractivity (Wildman–Crippen MR) is 111 cm³/mol. The molecule has 0 saturated carbocycles. The second kappa shape index (κ2) is 9.27. The number of rotatable bonds is 5. The van der Waals surface area contributed by atoms with Gasteiger partial charge in [-0.25, -0.2) is 8.42 Å². The summed E-state index contributed by atoms with van der Waals surface area (Å²) in [4.78, 5) is 25.1. The van der Waals surface area contributed by atoms with E-state index in [1.54, 1.807) is 48.5 Å². The first kappa shape index (κ1) is 21.8. The van der Waals surface area contributed by atoms with Crippen LogP contribution in [0, 0.1) is 12.8 Å². The van der Waals surface area contributed by atoms with Crippen molar-refractivity contribution in [1.82, 2.24) is 15.2 Å². The summed E-state index contributed by atoms with van der Waals surface area (Å²) < 4.78 is 32.3. The largest absolute Gasteiger partial charge is 0.496 e. The van der Waals surface area contributed by atoms with Crippen molar-refractivity contribution in [2.24, 2.45) is 5.92 Å². The molecular formula is C21H25N3O5S. The first-order valence-electron chi connectivity index (χ1n) is 9.63. The molecule has 1 aliphatic heterocycles. The first-order chi connectivity index (χ1) is 14.3. The van der Waals surface area contributed by atoms with Crippen LogP contribution < -0.4 is 15.6 Å². The van der Waals surface area contributed by atoms with Crippen LogP contribution in [0.5, 0.6) is 5.75 Å². The number of ether oxygens (including phenoxy) is 1. The van der Waals surface area contributed by atoms with E-state index in [1.165, 1.54) is 11.4 Å². The van der Waals surface area contributed by atoms with E-state index in [9.17, 15) is 18.0 Å². The Kier molecular flexibility index (Phi) is 6.73. The zero-order valence-corrected chi connectivity index (χ0v) is 17.7. The monoisotopic (exact) mass is 431 g/mol. The molecule has 8 nitrogen and oxygen atoms in total. The molecule has 9 heteroatoms. The Hall–Kier alpha value is -2.91. The number of amides is 2. The van der Waals surface area contributed by atoms with Crippen LogP contribution in [0.15, 0.2) is 53.4 Å². The average molecular weight is 432 g/mol. The van der Waals surface area contributed by atoms with Crippen LogP contribution in [0.25, 0.3) is 0 Å². The molecule has 1 unspecified atom stereocenters. The third-order valence-electron chi connectivity index (χ3n) is 5.06. The van der Waals surface area contributed by atoms with Crippen LogP contribution in [0.2, 0.25) is 0 Å². The third-order valence-corrected chi connectivity index (χ3v) is 6.94. The van der Waals surface area contributed by atoms with Crippen molar-refractivity contribution in [3.05, 3.63) is 59.7 Å². The van der Waals surface area contributed by atoms with Crippen LogP contribution >= 0.6 is 0 Å². The normalized spacial score (nSPS) is 17.2. The predicted octanol–water partition coefficient (Wildman–Crippen LogP) is 1.87. The first-order valence-corrected chi connectivity index (χ1v) is 11.1. The van der Waals surface area contributed by atoms with Crippen molar-refractivity contribution >= 4 is 21.8 Å². The standard InChI is InChI=1S/C21H25N3O5S/c1-15-9-11-17(12-10-15)30(27,28)24-13-5-6-16(14-24)20(25)22-23-21(26)18-7-3-4-8-19(18)29-2/h3-4,7-12,16H,5-6,13-14H2,1-2H3,(H,22,25)(H,23,26). The maximum Gasteiger partial charge on any atom is 0.273 e. The lowest BCUT2D eigenvalue weighted by molar-refractivity contribution is -0.126. The van der Waals surface area contributed by atoms with Crippen LogP contribution in [0.1, 0.15) is 28.8 Å². The Morgan fingerprint density at radius 1 is 1.07 bits per heavy atom. The molecule has 1 aliphatic rings. The van der Waals surface area contributed by atoms with Gasteiger partial charge in [0, 0.05) is 13.1 Å². The highest BCUT2D eigenvalue weighted by atomic mass is 32.2. The van der Waals surface area contributed by atoms with Gasteiger partial charge >= 0.3 is 0 Å². The fraction of sp³-hybridized carbons (Fsp3) is 0.333. The Bertz CT molecular complexity index is 1020. The summed E-state index contributed by atoms with van der Waals surface area (Å²) in [5.74, 6) is -1.11. The maximum absolute atomic E-state index is 12.9. The highest BCUT2D eigenvalue weighted by molar-refractivity contribution is 7.89. The summed E-state index contributed by atoms with van der Waals surface area (Å²) in [7, 11) is -2.22. The van der Waals surface area contributed by atoms with Crippen molar-refractivity contribution in [2.75, 3.05) is 20.2 Å². The van der Waals surface area contributed by atoms with Crippen molar-refractivity contribution in [3.63, 3.8) is 0 Å². The minimum Gasteiger partial charge on any atom is -0.496 e. The molecule has 0 radical (unpaired) electrons. The Morgan fingerprint density at radius 2 is 1.77 bits per heavy atom. The van der Waals surface area contributed by atoms with Gasteiger partial charge in [0.05, 0.1) is 23.5 Å². The lowest BCUT2D eigenvalue weighted by Crippen LogP contribution is -2.50. The second-order valence-electron chi connectivity index (χ2n) is 7.16. The average Bonchev–Trinajstić information content (AvgIpc) is 2.77. The minimum atomic E-state index is -3.68. The number of hydrogen-bond acceptors (Lipinski definition) is 5. The molecule has 2 aromatic carbocycles. The van der Waals surface area contributed by atoms with Gasteiger partial charge in [0.25, 0.3) is 5.91 Å². The number of aryl methyl sites for hydroxylation is 1. The van der Waals surface area contributed by atoms with E-state index in [1.807, 2.05) is 6.92 Å². The zero-order valence-electron chi connectivity index (χ0n) is 16.9. The molecule has 0 bridgehead atoms. The van der Waals surface area contributed by atoms with Gasteiger partial charge in [0.2, 0.25) is 15.9 Å². The number of methoxy groups -OCH3 is 1. The van der Waals surface area contributed by atoms with Crippen molar-refractivity contribution in [1.29, 1.82) is 0 Å². The number of carbonyl (C=O) groups is 2. The van der Waals surface area contributed by atoms with E-state index < -0.39 is 27.8 Å². The summed E-state index contributed by atoms with van der Waals surface area (Å²) in [6, 6.07) is 13.3. The number of hydrogen-bond donors (Lipinski definition) is 2. The van der Waals surface area contributed by atoms with Gasteiger partial charge in [-0.3, -0.25) is 20.4 Å². The van der Waals surface area contributed by atoms with Gasteiger partial charge in [-0.15, -0.1) is 0 Å². The van der Waals surface area contributed by atoms with E-state index in [-0.39, 0.29) is 17.0 Å². The number of nitrogens with one attached hydrogen (secondary N) is 2. The van der Waals surface area contributed by atoms with Gasteiger partial charge in [-0.2, -0.15) is 4.31 Å². The topological polar surface area (TPSA) is 105 Å². The Labute approximate surface area is 176 Å². The smallest absolute Gasteiger partial charge is 0.273 e. The molecule has 0 aromatic heterocycles. The fourth-order valence-electron chi connectivity index (χ4n) is 3.35. The molecule has 1 saturated heterocycles. The molecule has 2 aromatic rings. The van der Waals surface area contributed by atoms with Gasteiger partial charge in [0.15, 0.2) is 0 Å². The SMILES string of the molecule is COc1ccccc1C(=O)NNC(=O)C1CCCN(S(=O)(=O)c2ccc(C)cc2)C1. The van der Waals surface area contributed by atoms with E-state index in [0.29, 0.717) is 25.1 Å². The number of carbonyl (C=O) groups excluding carboxylic acids is 2. The van der Waals surface area contributed by atoms with Crippen LogP contribution in [-0.4, -0.2) is 44.7 Å². The third kappa shape index (κ3) is 4.80. The molecule has 2 N–H and O–H groups in total. The van der Waals surface area contributed by atoms with E-state index in [4.69, 9.17) is 4.74 Å². The summed E-state index contributed by atoms with van der Waals surface area (Å²) in [6.45, 7) is 2.30. The molecule has 1 heterocycles. The lowest BCUT2D eigenvalue weighted by Gasteiger charge is -2.31. The summed E-state index contributed by atoms with van der Waals surface area (Å²) >= 11 is 0. The molecule has 3 rings (SSSR count). The molecule has 1 atom stereocenters. The molecule has 0 aliphatic carbocycles. The molecule has 2 amide bonds. The zero-order chi connectivity index (χ0) is 21.7. The van der Waals surface area contributed by atoms with Gasteiger partial charge < -0.3 is 4.74 Å². The quantitative estimate of drug-likeness (QED) is 0.703. The van der Waals surface area contributed by atoms with Crippen molar-refractivity contribution < 1.29 is 22.7 Å². The maximum atomic E-state index is 12.9. The van der Waals surface area contributed by atoms with Crippen molar-refractivity contribution in [2.45, 2.75) is 24.7 Å². The van der Waals surface area contributed by atoms with E-state index in [0.717, 1.165) is 5.56 Å². The molecular weight excluding hydrogens is 406 g/mol. The van der Waals surface area contributed by atoms with E-state index in [2.05, 4.69) is 10.9 Å². The van der Waals surface area contributed by atoms with Crippen LogP contribution in [0.3, 0.4) is 0 Å². The number of sulfonamides is 1. The van der Waals surface area contributed by atoms with Gasteiger partial charge in [-0.05, 0) is 44.0 Å². The number of benzene rings is 2. The Balaban J connectivity index is 1.63. The van der Waals surface area contributed by atoms with E-state index >= 15 is 0 Å². The molecule has 1 fully saturated rings. The number of para-hydroxylation sites is 1. The number of hydrazine groups is 1. The number of nitrogens with zero attached hydrogens (tertiary/aromatic N) is 1. The van der Waals surface area contributed by atoms with Crippen LogP contribution in [-0.2, 0) is 14.8 Å². The minimum absolute atomic E-state index is 0.0621. The highest BCUT2D eigenvalue weighted by Gasteiger charge is 2.33. The fourth-order valence-corrected chi connectivity index (χ4v) is 4.88. The molecule has 0 spiro atoms. The highest BCUT2D eigenvalue weighted by Crippen LogP contribution is 2.24. The van der Waals surface area contributed by atoms with Crippen molar-refractivity contribution in [3.8, 4) is 5.75 Å². The number of piperidine rings is 1. The van der Waals surface area contributed by atoms with Crippen LogP contribution in [0.4, 0.5) is 0 Å². The summed E-state index contributed by atoms with van der Waals surface area (Å²) in [6.07, 6.45) is 1.10. The molecule has 160 valence electrons. The summed E-state index contributed by atoms with van der Waals surface area (Å²) in [5, 5.41) is 0. The van der Waals surface area contributed by atoms with Gasteiger partial charge in [0.1, 0.15) is 5.75 Å². The van der Waals surface area contributed by atoms with Gasteiger partial charge in [-0.1, -0.05) is 29.8 Å². The lowest BCUT2D eigenvalue weighted by atomic mass is 9.99. The second-order valence-corrected chi connectivity index (χ2v) is 9.10. The Morgan fingerprint density at radius 3 is 2.47 bits per heavy atom. The summed E-state index contributed by atoms with van der Waals surface area (Å²) in [5.41, 5.74) is 6.03.